The van der Waals surface area contributed by atoms with Crippen molar-refractivity contribution in [1.82, 2.24) is 15.3 Å². The van der Waals surface area contributed by atoms with E-state index in [0.29, 0.717) is 5.88 Å². The molecule has 3 N–H and O–H groups in total. The van der Waals surface area contributed by atoms with E-state index in [1.54, 1.807) is 25.1 Å². The van der Waals surface area contributed by atoms with Gasteiger partial charge in [-0.15, -0.1) is 0 Å². The van der Waals surface area contributed by atoms with Gasteiger partial charge in [-0.3, -0.25) is 10.4 Å². The summed E-state index contributed by atoms with van der Waals surface area (Å²) in [6, 6.07) is 6.38. The summed E-state index contributed by atoms with van der Waals surface area (Å²) in [7, 11) is 1.47. The summed E-state index contributed by atoms with van der Waals surface area (Å²) in [5.41, 5.74) is 0.580. The van der Waals surface area contributed by atoms with E-state index in [4.69, 9.17) is 14.9 Å². The number of anilines is 1. The normalized spacial score (nSPS) is 11.1. The monoisotopic (exact) mass is 426 g/mol. The molecule has 2 heterocycles. The summed E-state index contributed by atoms with van der Waals surface area (Å²) in [5.74, 6) is -0.695. The topological polar surface area (TPSA) is 122 Å². The second-order valence-corrected chi connectivity index (χ2v) is 5.91. The summed E-state index contributed by atoms with van der Waals surface area (Å²) in [5, 5.41) is 14.0. The van der Waals surface area contributed by atoms with Crippen LogP contribution in [0.4, 0.5) is 10.1 Å². The van der Waals surface area contributed by atoms with Gasteiger partial charge in [-0.05, 0) is 31.3 Å². The van der Waals surface area contributed by atoms with Crippen LogP contribution in [0.1, 0.15) is 12.6 Å². The molecule has 0 aliphatic rings. The number of hydrogen-bond donors (Lipinski definition) is 3. The van der Waals surface area contributed by atoms with Crippen molar-refractivity contribution >= 4 is 23.3 Å². The summed E-state index contributed by atoms with van der Waals surface area (Å²) in [4.78, 5) is 23.7. The van der Waals surface area contributed by atoms with Crippen molar-refractivity contribution < 1.29 is 18.7 Å². The molecule has 31 heavy (non-hydrogen) atoms. The second-order valence-electron chi connectivity index (χ2n) is 5.91. The van der Waals surface area contributed by atoms with Crippen molar-refractivity contribution in [3.05, 3.63) is 72.6 Å². The van der Waals surface area contributed by atoms with E-state index in [1.165, 1.54) is 31.6 Å². The standard InChI is InChI=1S/C21H23FN6O3/c1-4-31-21(29)14(2)8-10-25-13-18(26-16-9-11-24-12-15(16)22)28-20(23)17-6-5-7-19(27-17)30-3/h5-12,25H,2,4,13H2,1,3H3,(H2,23,24,26,28)/b10-8-. The maximum absolute atomic E-state index is 14.0. The molecular weight excluding hydrogens is 403 g/mol. The number of rotatable bonds is 9. The Labute approximate surface area is 179 Å². The highest BCUT2D eigenvalue weighted by molar-refractivity contribution is 6.08. The largest absolute Gasteiger partial charge is 0.481 e. The predicted molar refractivity (Wildman–Crippen MR) is 116 cm³/mol. The van der Waals surface area contributed by atoms with Crippen LogP contribution in [0.3, 0.4) is 0 Å². The minimum absolute atomic E-state index is 0.0840. The zero-order valence-electron chi connectivity index (χ0n) is 17.2. The first-order chi connectivity index (χ1) is 14.9. The number of hydrogen-bond acceptors (Lipinski definition) is 7. The van der Waals surface area contributed by atoms with Crippen molar-refractivity contribution in [3.63, 3.8) is 0 Å². The Hall–Kier alpha value is -4.08. The third-order valence-corrected chi connectivity index (χ3v) is 3.68. The summed E-state index contributed by atoms with van der Waals surface area (Å²) >= 11 is 0. The Morgan fingerprint density at radius 3 is 2.90 bits per heavy atom. The van der Waals surface area contributed by atoms with E-state index in [2.05, 4.69) is 32.2 Å². The summed E-state index contributed by atoms with van der Waals surface area (Å²) in [6.45, 7) is 5.65. The maximum atomic E-state index is 14.0. The molecule has 0 bridgehead atoms. The fourth-order valence-electron chi connectivity index (χ4n) is 2.20. The molecule has 0 saturated heterocycles. The third kappa shape index (κ3) is 7.35. The first kappa shape index (κ1) is 23.2. The number of pyridine rings is 2. The highest BCUT2D eigenvalue weighted by Gasteiger charge is 2.09. The van der Waals surface area contributed by atoms with Gasteiger partial charge in [0, 0.05) is 12.3 Å². The van der Waals surface area contributed by atoms with Crippen molar-refractivity contribution in [3.8, 4) is 5.88 Å². The van der Waals surface area contributed by atoms with Crippen LogP contribution >= 0.6 is 0 Å². The van der Waals surface area contributed by atoms with E-state index < -0.39 is 11.8 Å². The number of carbonyl (C=O) groups is 1. The number of halogens is 1. The smallest absolute Gasteiger partial charge is 0.337 e. The van der Waals surface area contributed by atoms with Crippen molar-refractivity contribution in [2.45, 2.75) is 6.92 Å². The first-order valence-electron chi connectivity index (χ1n) is 9.24. The molecular formula is C21H23FN6O3. The minimum atomic E-state index is -0.576. The van der Waals surface area contributed by atoms with Gasteiger partial charge in [0.05, 0.1) is 37.7 Å². The van der Waals surface area contributed by atoms with Crippen LogP contribution < -0.4 is 15.4 Å². The number of aromatic nitrogens is 2. The van der Waals surface area contributed by atoms with E-state index in [1.807, 2.05) is 0 Å². The third-order valence-electron chi connectivity index (χ3n) is 3.68. The van der Waals surface area contributed by atoms with Gasteiger partial charge in [0.2, 0.25) is 5.88 Å². The molecule has 162 valence electrons. The number of nitrogens with zero attached hydrogens (tertiary/aromatic N) is 3. The van der Waals surface area contributed by atoms with Gasteiger partial charge >= 0.3 is 5.97 Å². The fourth-order valence-corrected chi connectivity index (χ4v) is 2.20. The number of aliphatic imine (C=N–C) groups is 1. The quantitative estimate of drug-likeness (QED) is 0.185. The summed E-state index contributed by atoms with van der Waals surface area (Å²) < 4.78 is 23.9. The molecule has 0 saturated carbocycles. The van der Waals surface area contributed by atoms with Crippen LogP contribution in [-0.4, -0.2) is 47.9 Å². The molecule has 0 aliphatic heterocycles. The molecule has 0 spiro atoms. The molecule has 0 aliphatic carbocycles. The van der Waals surface area contributed by atoms with Gasteiger partial charge in [0.25, 0.3) is 0 Å². The Kier molecular flexibility index (Phi) is 8.84. The molecule has 2 aromatic heterocycles. The lowest BCUT2D eigenvalue weighted by Gasteiger charge is -2.11. The van der Waals surface area contributed by atoms with Gasteiger partial charge in [-0.2, -0.15) is 0 Å². The Bertz CT molecular complexity index is 1010. The molecule has 2 aromatic rings. The van der Waals surface area contributed by atoms with Gasteiger partial charge in [-0.25, -0.2) is 19.2 Å². The van der Waals surface area contributed by atoms with Crippen LogP contribution in [0.2, 0.25) is 0 Å². The van der Waals surface area contributed by atoms with Crippen LogP contribution in [0.15, 0.2) is 66.1 Å². The molecule has 0 aromatic carbocycles. The number of amidine groups is 2. The number of esters is 1. The second kappa shape index (κ2) is 11.8. The lowest BCUT2D eigenvalue weighted by Crippen LogP contribution is -2.27. The number of ether oxygens (including phenoxy) is 2. The zero-order chi connectivity index (χ0) is 22.6. The molecule has 2 rings (SSSR count). The Morgan fingerprint density at radius 2 is 2.19 bits per heavy atom. The van der Waals surface area contributed by atoms with E-state index in [0.717, 1.165) is 6.20 Å². The predicted octanol–water partition coefficient (Wildman–Crippen LogP) is 2.68. The van der Waals surface area contributed by atoms with E-state index in [-0.39, 0.29) is 41.8 Å². The molecule has 9 nitrogen and oxygen atoms in total. The molecule has 0 atom stereocenters. The SMILES string of the molecule is C=C(/C=C\NC/C(=N\C(=N)c1cccc(OC)n1)Nc1ccncc1F)C(=O)OCC. The van der Waals surface area contributed by atoms with Crippen LogP contribution in [0.5, 0.6) is 5.88 Å². The average Bonchev–Trinajstić information content (AvgIpc) is 2.78. The zero-order valence-corrected chi connectivity index (χ0v) is 17.2. The van der Waals surface area contributed by atoms with E-state index in [9.17, 15) is 9.18 Å². The lowest BCUT2D eigenvalue weighted by molar-refractivity contribution is -0.138. The minimum Gasteiger partial charge on any atom is -0.481 e. The van der Waals surface area contributed by atoms with Crippen molar-refractivity contribution in [2.24, 2.45) is 4.99 Å². The molecule has 0 amide bonds. The summed E-state index contributed by atoms with van der Waals surface area (Å²) in [6.07, 6.45) is 5.41. The Balaban J connectivity index is 2.17. The van der Waals surface area contributed by atoms with Crippen molar-refractivity contribution in [2.75, 3.05) is 25.6 Å². The maximum Gasteiger partial charge on any atom is 0.337 e. The van der Waals surface area contributed by atoms with Gasteiger partial charge in [0.15, 0.2) is 11.7 Å². The first-order valence-corrected chi connectivity index (χ1v) is 9.24. The Morgan fingerprint density at radius 1 is 1.39 bits per heavy atom. The molecule has 0 fully saturated rings. The lowest BCUT2D eigenvalue weighted by atomic mass is 10.3. The fraction of sp³-hybridized carbons (Fsp3) is 0.190. The molecule has 0 radical (unpaired) electrons. The highest BCUT2D eigenvalue weighted by atomic mass is 19.1. The van der Waals surface area contributed by atoms with Crippen molar-refractivity contribution in [1.29, 1.82) is 5.41 Å². The number of methoxy groups -OCH3 is 1. The molecule has 10 heteroatoms. The number of nitrogens with one attached hydrogen (secondary N) is 3. The van der Waals surface area contributed by atoms with Gasteiger partial charge in [-0.1, -0.05) is 12.6 Å². The van der Waals surface area contributed by atoms with E-state index >= 15 is 0 Å². The van der Waals surface area contributed by atoms with Crippen LogP contribution in [0.25, 0.3) is 0 Å². The highest BCUT2D eigenvalue weighted by Crippen LogP contribution is 2.12. The number of carbonyl (C=O) groups excluding carboxylic acids is 1. The van der Waals surface area contributed by atoms with Gasteiger partial charge < -0.3 is 20.1 Å². The van der Waals surface area contributed by atoms with Crippen LogP contribution in [-0.2, 0) is 9.53 Å². The molecule has 0 unspecified atom stereocenters. The van der Waals surface area contributed by atoms with Crippen LogP contribution in [0, 0.1) is 11.2 Å². The van der Waals surface area contributed by atoms with Gasteiger partial charge in [0.1, 0.15) is 11.5 Å². The average molecular weight is 426 g/mol.